The van der Waals surface area contributed by atoms with Crippen molar-refractivity contribution in [2.45, 2.75) is 44.1 Å². The number of hydrogen-bond acceptors (Lipinski definition) is 4. The first kappa shape index (κ1) is 20.9. The van der Waals surface area contributed by atoms with Gasteiger partial charge in [-0.25, -0.2) is 4.39 Å². The Morgan fingerprint density at radius 1 is 1.20 bits per heavy atom. The number of carboxylic acids is 1. The number of aromatic nitrogens is 1. The highest BCUT2D eigenvalue weighted by atomic mass is 19.1. The highest BCUT2D eigenvalue weighted by molar-refractivity contribution is 5.66. The molecule has 1 aliphatic heterocycles. The van der Waals surface area contributed by atoms with Crippen molar-refractivity contribution in [2.24, 2.45) is 5.41 Å². The van der Waals surface area contributed by atoms with Crippen molar-refractivity contribution in [3.63, 3.8) is 0 Å². The monoisotopic (exact) mass is 411 g/mol. The van der Waals surface area contributed by atoms with Crippen LogP contribution in [-0.2, 0) is 11.2 Å². The van der Waals surface area contributed by atoms with Gasteiger partial charge >= 0.3 is 5.97 Å². The number of pyridine rings is 1. The Morgan fingerprint density at radius 2 is 1.97 bits per heavy atom. The average Bonchev–Trinajstić information content (AvgIpc) is 3.54. The molecule has 4 rings (SSSR count). The van der Waals surface area contributed by atoms with Gasteiger partial charge < -0.3 is 15.3 Å². The second-order valence-electron chi connectivity index (χ2n) is 8.87. The van der Waals surface area contributed by atoms with E-state index in [1.165, 1.54) is 24.2 Å². The molecule has 5 nitrogen and oxygen atoms in total. The lowest BCUT2D eigenvalue weighted by atomic mass is 9.74. The Morgan fingerprint density at radius 3 is 2.63 bits per heavy atom. The fourth-order valence-corrected chi connectivity index (χ4v) is 4.65. The minimum absolute atomic E-state index is 0.0639. The zero-order chi connectivity index (χ0) is 21.0. The van der Waals surface area contributed by atoms with Crippen molar-refractivity contribution in [3.05, 3.63) is 65.7 Å². The Bertz CT molecular complexity index is 835. The van der Waals surface area contributed by atoms with Crippen molar-refractivity contribution in [1.29, 1.82) is 0 Å². The van der Waals surface area contributed by atoms with Gasteiger partial charge in [-0.1, -0.05) is 30.3 Å². The summed E-state index contributed by atoms with van der Waals surface area (Å²) in [6.07, 6.45) is 5.44. The van der Waals surface area contributed by atoms with Gasteiger partial charge in [-0.15, -0.1) is 0 Å². The van der Waals surface area contributed by atoms with Gasteiger partial charge in [0, 0.05) is 30.7 Å². The summed E-state index contributed by atoms with van der Waals surface area (Å²) in [6.45, 7) is 3.30. The van der Waals surface area contributed by atoms with E-state index in [2.05, 4.69) is 45.5 Å². The maximum Gasteiger partial charge on any atom is 0.304 e. The molecule has 1 aromatic heterocycles. The van der Waals surface area contributed by atoms with E-state index < -0.39 is 5.97 Å². The second kappa shape index (κ2) is 9.23. The van der Waals surface area contributed by atoms with Crippen LogP contribution in [0.3, 0.4) is 0 Å². The number of benzene rings is 1. The van der Waals surface area contributed by atoms with Crippen LogP contribution >= 0.6 is 0 Å². The molecule has 1 aromatic carbocycles. The Balaban J connectivity index is 1.38. The molecule has 2 atom stereocenters. The van der Waals surface area contributed by atoms with E-state index in [4.69, 9.17) is 5.11 Å². The molecule has 1 saturated carbocycles. The first-order chi connectivity index (χ1) is 14.5. The molecule has 160 valence electrons. The maximum absolute atomic E-state index is 13.3. The van der Waals surface area contributed by atoms with E-state index in [1.807, 2.05) is 0 Å². The fraction of sp³-hybridized carbons (Fsp3) is 0.500. The van der Waals surface area contributed by atoms with Gasteiger partial charge in [-0.05, 0) is 61.9 Å². The van der Waals surface area contributed by atoms with Gasteiger partial charge in [0.2, 0.25) is 0 Å². The van der Waals surface area contributed by atoms with E-state index in [9.17, 15) is 9.18 Å². The maximum atomic E-state index is 13.3. The normalized spacial score (nSPS) is 23.2. The first-order valence-corrected chi connectivity index (χ1v) is 10.9. The number of likely N-dealkylation sites (tertiary alicyclic amines) is 1. The molecule has 0 amide bonds. The zero-order valence-electron chi connectivity index (χ0n) is 17.3. The summed E-state index contributed by atoms with van der Waals surface area (Å²) in [7, 11) is 0. The van der Waals surface area contributed by atoms with E-state index >= 15 is 0 Å². The van der Waals surface area contributed by atoms with Crippen molar-refractivity contribution < 1.29 is 14.3 Å². The molecule has 0 radical (unpaired) electrons. The lowest BCUT2D eigenvalue weighted by Crippen LogP contribution is -2.47. The molecule has 0 unspecified atom stereocenters. The molecule has 6 heteroatoms. The van der Waals surface area contributed by atoms with Gasteiger partial charge in [0.05, 0.1) is 12.6 Å². The average molecular weight is 412 g/mol. The molecular formula is C24H30FN3O2. The Kier molecular flexibility index (Phi) is 6.44. The Labute approximate surface area is 177 Å². The van der Waals surface area contributed by atoms with Gasteiger partial charge in [0.15, 0.2) is 0 Å². The van der Waals surface area contributed by atoms with Crippen LogP contribution in [0.1, 0.15) is 42.9 Å². The third kappa shape index (κ3) is 5.43. The largest absolute Gasteiger partial charge is 0.481 e. The molecular weight excluding hydrogens is 381 g/mol. The minimum atomic E-state index is -0.746. The van der Waals surface area contributed by atoms with E-state index in [-0.39, 0.29) is 17.7 Å². The molecule has 2 N–H and O–H groups in total. The van der Waals surface area contributed by atoms with Crippen molar-refractivity contribution in [2.75, 3.05) is 26.2 Å². The van der Waals surface area contributed by atoms with Crippen molar-refractivity contribution in [3.8, 4) is 0 Å². The molecule has 2 heterocycles. The van der Waals surface area contributed by atoms with Crippen LogP contribution in [0.15, 0.2) is 48.7 Å². The molecule has 0 bridgehead atoms. The van der Waals surface area contributed by atoms with Gasteiger partial charge in [-0.3, -0.25) is 9.78 Å². The topological polar surface area (TPSA) is 65.5 Å². The molecule has 0 spiro atoms. The number of rotatable bonds is 9. The predicted molar refractivity (Wildman–Crippen MR) is 114 cm³/mol. The van der Waals surface area contributed by atoms with Crippen LogP contribution in [0.5, 0.6) is 0 Å². The first-order valence-electron chi connectivity index (χ1n) is 10.9. The van der Waals surface area contributed by atoms with Crippen molar-refractivity contribution in [1.82, 2.24) is 15.2 Å². The third-order valence-corrected chi connectivity index (χ3v) is 6.66. The summed E-state index contributed by atoms with van der Waals surface area (Å²) in [5.74, 6) is -0.467. The SMILES string of the molecule is O=C(O)CCN1CCC(CN[C@@H]2C[C@H]2c2ccccc2)(Cc2ccc(F)cn2)CC1. The minimum Gasteiger partial charge on any atom is -0.481 e. The molecule has 2 aromatic rings. The number of hydrogen-bond donors (Lipinski definition) is 2. The quantitative estimate of drug-likeness (QED) is 0.662. The number of nitrogens with zero attached hydrogens (tertiary/aromatic N) is 2. The summed E-state index contributed by atoms with van der Waals surface area (Å²) >= 11 is 0. The molecule has 30 heavy (non-hydrogen) atoms. The summed E-state index contributed by atoms with van der Waals surface area (Å²) in [6, 6.07) is 14.4. The Hall–Kier alpha value is -2.31. The van der Waals surface area contributed by atoms with Gasteiger partial charge in [-0.2, -0.15) is 0 Å². The number of carboxylic acid groups (broad SMARTS) is 1. The van der Waals surface area contributed by atoms with E-state index in [1.54, 1.807) is 6.07 Å². The van der Waals surface area contributed by atoms with Crippen LogP contribution in [-0.4, -0.2) is 53.2 Å². The summed E-state index contributed by atoms with van der Waals surface area (Å²) in [4.78, 5) is 17.4. The van der Waals surface area contributed by atoms with Crippen LogP contribution < -0.4 is 5.32 Å². The van der Waals surface area contributed by atoms with E-state index in [0.29, 0.717) is 18.5 Å². The number of piperidine rings is 1. The number of carbonyl (C=O) groups is 1. The molecule has 2 fully saturated rings. The summed E-state index contributed by atoms with van der Waals surface area (Å²) in [5, 5.41) is 12.8. The molecule has 2 aliphatic rings. The number of nitrogens with one attached hydrogen (secondary N) is 1. The van der Waals surface area contributed by atoms with Crippen LogP contribution in [0, 0.1) is 11.2 Å². The molecule has 1 saturated heterocycles. The lowest BCUT2D eigenvalue weighted by Gasteiger charge is -2.42. The smallest absolute Gasteiger partial charge is 0.304 e. The zero-order valence-corrected chi connectivity index (χ0v) is 17.3. The number of halogens is 1. The fourth-order valence-electron chi connectivity index (χ4n) is 4.65. The van der Waals surface area contributed by atoms with Gasteiger partial charge in [0.25, 0.3) is 0 Å². The van der Waals surface area contributed by atoms with E-state index in [0.717, 1.165) is 44.6 Å². The van der Waals surface area contributed by atoms with Crippen LogP contribution in [0.4, 0.5) is 4.39 Å². The van der Waals surface area contributed by atoms with Crippen LogP contribution in [0.25, 0.3) is 0 Å². The number of aliphatic carboxylic acids is 1. The highest BCUT2D eigenvalue weighted by Gasteiger charge is 2.41. The van der Waals surface area contributed by atoms with Gasteiger partial charge in [0.1, 0.15) is 5.82 Å². The molecule has 1 aliphatic carbocycles. The highest BCUT2D eigenvalue weighted by Crippen LogP contribution is 2.42. The second-order valence-corrected chi connectivity index (χ2v) is 8.87. The van der Waals surface area contributed by atoms with Crippen molar-refractivity contribution >= 4 is 5.97 Å². The summed E-state index contributed by atoms with van der Waals surface area (Å²) in [5.41, 5.74) is 2.38. The summed E-state index contributed by atoms with van der Waals surface area (Å²) < 4.78 is 13.3. The third-order valence-electron chi connectivity index (χ3n) is 6.66. The standard InChI is InChI=1S/C24H30FN3O2/c25-19-6-7-20(26-16-19)15-24(9-12-28(13-10-24)11-8-23(29)30)17-27-22-14-21(22)18-4-2-1-3-5-18/h1-7,16,21-22,27H,8-15,17H2,(H,29,30)/t21-,22+/m0/s1. The lowest BCUT2D eigenvalue weighted by molar-refractivity contribution is -0.137. The predicted octanol–water partition coefficient (Wildman–Crippen LogP) is 3.47. The van der Waals surface area contributed by atoms with Crippen LogP contribution in [0.2, 0.25) is 0 Å².